The number of nitrogens with one attached hydrogen (secondary N) is 1. The number of ether oxygens (including phenoxy) is 1. The Bertz CT molecular complexity index is 1110. The summed E-state index contributed by atoms with van der Waals surface area (Å²) in [5, 5.41) is 2.33. The maximum atomic E-state index is 13.2. The third-order valence-corrected chi connectivity index (χ3v) is 7.96. The van der Waals surface area contributed by atoms with E-state index in [0.717, 1.165) is 17.3 Å². The summed E-state index contributed by atoms with van der Waals surface area (Å²) in [5.74, 6) is 0.452. The van der Waals surface area contributed by atoms with E-state index in [1.807, 2.05) is 4.90 Å². The van der Waals surface area contributed by atoms with Crippen LogP contribution in [0.1, 0.15) is 17.7 Å². The Kier molecular flexibility index (Phi) is 5.97. The number of anilines is 1. The Balaban J connectivity index is 1.53. The van der Waals surface area contributed by atoms with Gasteiger partial charge in [-0.2, -0.15) is 13.2 Å². The summed E-state index contributed by atoms with van der Waals surface area (Å²) < 4.78 is 67.9. The van der Waals surface area contributed by atoms with Crippen LogP contribution in [0.3, 0.4) is 0 Å². The summed E-state index contributed by atoms with van der Waals surface area (Å²) >= 11 is 12.1. The molecule has 0 amide bonds. The van der Waals surface area contributed by atoms with Crippen molar-refractivity contribution < 1.29 is 26.3 Å². The molecule has 1 aromatic heterocycles. The first kappa shape index (κ1) is 22.4. The second-order valence-corrected chi connectivity index (χ2v) is 10.2. The van der Waals surface area contributed by atoms with Gasteiger partial charge >= 0.3 is 6.18 Å². The predicted octanol–water partition coefficient (Wildman–Crippen LogP) is 3.38. The zero-order valence-electron chi connectivity index (χ0n) is 15.9. The summed E-state index contributed by atoms with van der Waals surface area (Å²) in [7, 11) is -3.84. The Labute approximate surface area is 186 Å². The smallest absolute Gasteiger partial charge is 0.422 e. The fourth-order valence-electron chi connectivity index (χ4n) is 3.70. The van der Waals surface area contributed by atoms with Crippen LogP contribution in [0.25, 0.3) is 0 Å². The summed E-state index contributed by atoms with van der Waals surface area (Å²) in [6, 6.07) is 3.42. The van der Waals surface area contributed by atoms with Crippen molar-refractivity contribution in [3.05, 3.63) is 39.8 Å². The van der Waals surface area contributed by atoms with Gasteiger partial charge in [0.25, 0.3) is 0 Å². The predicted molar refractivity (Wildman–Crippen MR) is 108 cm³/mol. The first-order chi connectivity index (χ1) is 14.5. The van der Waals surface area contributed by atoms with Crippen LogP contribution < -0.4 is 15.0 Å². The zero-order valence-corrected chi connectivity index (χ0v) is 18.2. The summed E-state index contributed by atoms with van der Waals surface area (Å²) in [5.41, 5.74) is 1.69. The lowest BCUT2D eigenvalue weighted by atomic mass is 10.2. The van der Waals surface area contributed by atoms with E-state index in [4.69, 9.17) is 23.2 Å². The first-order valence-electron chi connectivity index (χ1n) is 9.28. The minimum atomic E-state index is -4.51. The van der Waals surface area contributed by atoms with Crippen LogP contribution >= 0.6 is 23.2 Å². The summed E-state index contributed by atoms with van der Waals surface area (Å²) in [6.07, 6.45) is -4.17. The number of hydrogen-bond donors (Lipinski definition) is 1. The summed E-state index contributed by atoms with van der Waals surface area (Å²) in [4.78, 5) is 10.2. The van der Waals surface area contributed by atoms with E-state index in [-0.39, 0.29) is 27.5 Å². The number of sulfone groups is 1. The number of alkyl halides is 3. The van der Waals surface area contributed by atoms with Crippen LogP contribution in [-0.2, 0) is 22.9 Å². The molecule has 2 aliphatic heterocycles. The van der Waals surface area contributed by atoms with Crippen LogP contribution in [0.2, 0.25) is 10.3 Å². The minimum Gasteiger partial charge on any atom is -0.484 e. The van der Waals surface area contributed by atoms with Crippen molar-refractivity contribution in [2.24, 2.45) is 0 Å². The third kappa shape index (κ3) is 4.69. The molecule has 0 radical (unpaired) electrons. The quantitative estimate of drug-likeness (QED) is 0.635. The molecule has 0 saturated carbocycles. The molecule has 31 heavy (non-hydrogen) atoms. The molecule has 1 fully saturated rings. The molecule has 2 aromatic rings. The standard InChI is InChI=1S/C18H17Cl2F3N4O3S/c19-13-5-10(30-9-18(21,22)23)1-2-15(13)31(28,29)11-3-4-27(8-11)16-12-6-24-7-14(12)25-17(20)26-16/h1-2,5,11,24H,3-4,6-9H2/t11-/m0/s1. The van der Waals surface area contributed by atoms with Crippen molar-refractivity contribution in [3.8, 4) is 5.75 Å². The van der Waals surface area contributed by atoms with Gasteiger partial charge in [0.1, 0.15) is 11.6 Å². The number of rotatable bonds is 5. The topological polar surface area (TPSA) is 84.4 Å². The van der Waals surface area contributed by atoms with Gasteiger partial charge < -0.3 is 15.0 Å². The molecular formula is C18H17Cl2F3N4O3S. The highest BCUT2D eigenvalue weighted by Crippen LogP contribution is 2.35. The molecular weight excluding hydrogens is 480 g/mol. The van der Waals surface area contributed by atoms with Gasteiger partial charge in [0.2, 0.25) is 5.28 Å². The van der Waals surface area contributed by atoms with Crippen molar-refractivity contribution in [2.75, 3.05) is 24.6 Å². The van der Waals surface area contributed by atoms with Crippen molar-refractivity contribution in [1.29, 1.82) is 0 Å². The van der Waals surface area contributed by atoms with Crippen LogP contribution in [0.5, 0.6) is 5.75 Å². The van der Waals surface area contributed by atoms with E-state index in [2.05, 4.69) is 20.0 Å². The van der Waals surface area contributed by atoms with Crippen LogP contribution in [0, 0.1) is 0 Å². The molecule has 7 nitrogen and oxygen atoms in total. The maximum Gasteiger partial charge on any atom is 0.422 e. The lowest BCUT2D eigenvalue weighted by molar-refractivity contribution is -0.153. The normalized spacial score (nSPS) is 19.0. The largest absolute Gasteiger partial charge is 0.484 e. The van der Waals surface area contributed by atoms with E-state index in [0.29, 0.717) is 31.9 Å². The van der Waals surface area contributed by atoms with Crippen LogP contribution in [0.4, 0.5) is 19.0 Å². The zero-order chi connectivity index (χ0) is 22.4. The average Bonchev–Trinajstić information content (AvgIpc) is 3.34. The lowest BCUT2D eigenvalue weighted by Crippen LogP contribution is -2.28. The highest BCUT2D eigenvalue weighted by molar-refractivity contribution is 7.92. The Morgan fingerprint density at radius 2 is 2.00 bits per heavy atom. The molecule has 0 bridgehead atoms. The Hall–Kier alpha value is -1.82. The molecule has 2 aliphatic rings. The molecule has 13 heteroatoms. The van der Waals surface area contributed by atoms with Gasteiger partial charge in [0, 0.05) is 37.8 Å². The van der Waals surface area contributed by atoms with Crippen molar-refractivity contribution in [1.82, 2.24) is 15.3 Å². The molecule has 1 atom stereocenters. The van der Waals surface area contributed by atoms with Gasteiger partial charge in [-0.25, -0.2) is 18.4 Å². The average molecular weight is 497 g/mol. The molecule has 0 spiro atoms. The molecule has 1 saturated heterocycles. The number of fused-ring (bicyclic) bond motifs is 1. The highest BCUT2D eigenvalue weighted by atomic mass is 35.5. The number of aromatic nitrogens is 2. The van der Waals surface area contributed by atoms with Gasteiger partial charge in [0.05, 0.1) is 20.9 Å². The molecule has 1 N–H and O–H groups in total. The Morgan fingerprint density at radius 3 is 2.71 bits per heavy atom. The van der Waals surface area contributed by atoms with Gasteiger partial charge in [-0.3, -0.25) is 0 Å². The second-order valence-electron chi connectivity index (χ2n) is 7.24. The third-order valence-electron chi connectivity index (χ3n) is 5.13. The fourth-order valence-corrected chi connectivity index (χ4v) is 6.12. The van der Waals surface area contributed by atoms with E-state index in [1.54, 1.807) is 0 Å². The highest BCUT2D eigenvalue weighted by Gasteiger charge is 2.37. The van der Waals surface area contributed by atoms with E-state index < -0.39 is 27.9 Å². The molecule has 4 rings (SSSR count). The fraction of sp³-hybridized carbons (Fsp3) is 0.444. The van der Waals surface area contributed by atoms with Gasteiger partial charge in [0.15, 0.2) is 16.4 Å². The number of halogens is 5. The summed E-state index contributed by atoms with van der Waals surface area (Å²) in [6.45, 7) is 0.284. The van der Waals surface area contributed by atoms with Gasteiger partial charge in [-0.1, -0.05) is 11.6 Å². The monoisotopic (exact) mass is 496 g/mol. The van der Waals surface area contributed by atoms with Crippen molar-refractivity contribution >= 4 is 38.9 Å². The molecule has 0 unspecified atom stereocenters. The lowest BCUT2D eigenvalue weighted by Gasteiger charge is -2.20. The van der Waals surface area contributed by atoms with Crippen molar-refractivity contribution in [2.45, 2.75) is 35.8 Å². The molecule has 1 aromatic carbocycles. The molecule has 168 valence electrons. The second kappa shape index (κ2) is 8.27. The minimum absolute atomic E-state index is 0.0984. The number of benzene rings is 1. The SMILES string of the molecule is O=S(=O)(c1ccc(OCC(F)(F)F)cc1Cl)[C@H]1CCN(c2nc(Cl)nc3c2CNC3)C1. The van der Waals surface area contributed by atoms with Gasteiger partial charge in [-0.15, -0.1) is 0 Å². The van der Waals surface area contributed by atoms with E-state index >= 15 is 0 Å². The van der Waals surface area contributed by atoms with E-state index in [1.165, 1.54) is 12.1 Å². The maximum absolute atomic E-state index is 13.2. The van der Waals surface area contributed by atoms with E-state index in [9.17, 15) is 21.6 Å². The first-order valence-corrected chi connectivity index (χ1v) is 11.6. The van der Waals surface area contributed by atoms with Crippen LogP contribution in [-0.4, -0.2) is 49.5 Å². The molecule has 0 aliphatic carbocycles. The number of nitrogens with zero attached hydrogens (tertiary/aromatic N) is 3. The molecule has 3 heterocycles. The number of hydrogen-bond acceptors (Lipinski definition) is 7. The van der Waals surface area contributed by atoms with Crippen LogP contribution in [0.15, 0.2) is 23.1 Å². The van der Waals surface area contributed by atoms with Gasteiger partial charge in [-0.05, 0) is 30.2 Å². The Morgan fingerprint density at radius 1 is 1.23 bits per heavy atom. The van der Waals surface area contributed by atoms with Crippen molar-refractivity contribution in [3.63, 3.8) is 0 Å².